The van der Waals surface area contributed by atoms with Crippen molar-refractivity contribution in [2.24, 2.45) is 16.3 Å². The van der Waals surface area contributed by atoms with E-state index in [1.165, 1.54) is 12.8 Å². The first-order chi connectivity index (χ1) is 8.88. The highest BCUT2D eigenvalue weighted by Gasteiger charge is 2.28. The van der Waals surface area contributed by atoms with Crippen molar-refractivity contribution in [3.05, 3.63) is 0 Å². The van der Waals surface area contributed by atoms with E-state index in [1.54, 1.807) is 0 Å². The Bertz CT molecular complexity index is 300. The van der Waals surface area contributed by atoms with Gasteiger partial charge in [-0.2, -0.15) is 0 Å². The van der Waals surface area contributed by atoms with Crippen molar-refractivity contribution in [3.63, 3.8) is 0 Å². The van der Waals surface area contributed by atoms with E-state index in [9.17, 15) is 0 Å². The Kier molecular flexibility index (Phi) is 6.07. The first-order valence-electron chi connectivity index (χ1n) is 7.29. The summed E-state index contributed by atoms with van der Waals surface area (Å²) >= 11 is 0. The largest absolute Gasteiger partial charge is 0.409 e. The van der Waals surface area contributed by atoms with E-state index in [2.05, 4.69) is 29.3 Å². The van der Waals surface area contributed by atoms with Crippen molar-refractivity contribution in [3.8, 4) is 0 Å². The molecule has 5 nitrogen and oxygen atoms in total. The normalized spacial score (nSPS) is 18.9. The Balaban J connectivity index is 2.10. The van der Waals surface area contributed by atoms with Gasteiger partial charge in [-0.15, -0.1) is 0 Å². The van der Waals surface area contributed by atoms with Crippen molar-refractivity contribution in [2.75, 3.05) is 20.1 Å². The molecular formula is C14H30N4O. The van der Waals surface area contributed by atoms with Crippen LogP contribution in [0.15, 0.2) is 5.16 Å². The minimum absolute atomic E-state index is 0.229. The number of rotatable bonds is 9. The Hall–Kier alpha value is -0.810. The Morgan fingerprint density at radius 2 is 2.16 bits per heavy atom. The maximum atomic E-state index is 8.71. The lowest BCUT2D eigenvalue weighted by Gasteiger charge is -2.25. The summed E-state index contributed by atoms with van der Waals surface area (Å²) < 4.78 is 0. The van der Waals surface area contributed by atoms with Crippen molar-refractivity contribution in [1.82, 2.24) is 10.2 Å². The van der Waals surface area contributed by atoms with Crippen LogP contribution in [-0.2, 0) is 0 Å². The number of likely N-dealkylation sites (N-methyl/N-ethyl adjacent to an activating group) is 1. The smallest absolute Gasteiger partial charge is 0.144 e. The Morgan fingerprint density at radius 3 is 2.68 bits per heavy atom. The van der Waals surface area contributed by atoms with Gasteiger partial charge in [0.05, 0.1) is 0 Å². The van der Waals surface area contributed by atoms with Crippen molar-refractivity contribution < 1.29 is 5.21 Å². The zero-order chi connectivity index (χ0) is 14.5. The molecule has 0 heterocycles. The van der Waals surface area contributed by atoms with E-state index < -0.39 is 0 Å². The van der Waals surface area contributed by atoms with Crippen LogP contribution in [0.1, 0.15) is 46.5 Å². The average molecular weight is 270 g/mol. The summed E-state index contributed by atoms with van der Waals surface area (Å²) in [6, 6.07) is 1.40. The molecule has 0 aliphatic heterocycles. The second-order valence-electron chi connectivity index (χ2n) is 6.42. The number of hydrogen-bond acceptors (Lipinski definition) is 4. The van der Waals surface area contributed by atoms with Crippen molar-refractivity contribution in [1.29, 1.82) is 0 Å². The van der Waals surface area contributed by atoms with Gasteiger partial charge in [0.1, 0.15) is 5.84 Å². The van der Waals surface area contributed by atoms with Crippen LogP contribution < -0.4 is 11.1 Å². The first-order valence-corrected chi connectivity index (χ1v) is 7.29. The maximum absolute atomic E-state index is 8.71. The lowest BCUT2D eigenvalue weighted by Crippen LogP contribution is -2.39. The maximum Gasteiger partial charge on any atom is 0.144 e. The van der Waals surface area contributed by atoms with Crippen LogP contribution in [0.5, 0.6) is 0 Å². The van der Waals surface area contributed by atoms with Gasteiger partial charge >= 0.3 is 0 Å². The number of nitrogens with one attached hydrogen (secondary N) is 1. The van der Waals surface area contributed by atoms with Gasteiger partial charge in [0.25, 0.3) is 0 Å². The predicted molar refractivity (Wildman–Crippen MR) is 79.5 cm³/mol. The second kappa shape index (κ2) is 7.10. The molecule has 0 aromatic rings. The topological polar surface area (TPSA) is 73.9 Å². The fourth-order valence-corrected chi connectivity index (χ4v) is 2.22. The molecule has 1 atom stereocenters. The van der Waals surface area contributed by atoms with Crippen LogP contribution in [-0.4, -0.2) is 48.2 Å². The van der Waals surface area contributed by atoms with Crippen LogP contribution >= 0.6 is 0 Å². The third-order valence-electron chi connectivity index (χ3n) is 4.21. The molecule has 19 heavy (non-hydrogen) atoms. The van der Waals surface area contributed by atoms with Gasteiger partial charge in [-0.05, 0) is 46.2 Å². The summed E-state index contributed by atoms with van der Waals surface area (Å²) in [5.41, 5.74) is 5.44. The molecule has 1 aliphatic carbocycles. The summed E-state index contributed by atoms with van der Waals surface area (Å²) in [5, 5.41) is 15.3. The fourth-order valence-electron chi connectivity index (χ4n) is 2.22. The van der Waals surface area contributed by atoms with Gasteiger partial charge in [0.15, 0.2) is 0 Å². The molecule has 1 aliphatic rings. The minimum Gasteiger partial charge on any atom is -0.409 e. The third-order valence-corrected chi connectivity index (χ3v) is 4.21. The van der Waals surface area contributed by atoms with Gasteiger partial charge < -0.3 is 16.3 Å². The van der Waals surface area contributed by atoms with E-state index in [1.807, 2.05) is 13.8 Å². The van der Waals surface area contributed by atoms with Gasteiger partial charge in [-0.25, -0.2) is 0 Å². The fraction of sp³-hybridized carbons (Fsp3) is 0.929. The van der Waals surface area contributed by atoms with E-state index in [0.717, 1.165) is 32.0 Å². The predicted octanol–water partition coefficient (Wildman–Crippen LogP) is 1.61. The summed E-state index contributed by atoms with van der Waals surface area (Å²) in [6.45, 7) is 8.28. The third kappa shape index (κ3) is 5.37. The Labute approximate surface area is 117 Å². The SMILES string of the molecule is CC(CNCCCC(C)(C)C(N)=NO)N(C)C1CC1. The van der Waals surface area contributed by atoms with E-state index in [0.29, 0.717) is 11.9 Å². The first kappa shape index (κ1) is 16.2. The summed E-state index contributed by atoms with van der Waals surface area (Å²) in [5.74, 6) is 0.314. The highest BCUT2D eigenvalue weighted by Crippen LogP contribution is 2.26. The number of nitrogens with zero attached hydrogens (tertiary/aromatic N) is 2. The number of nitrogens with two attached hydrogens (primary N) is 1. The highest BCUT2D eigenvalue weighted by atomic mass is 16.4. The van der Waals surface area contributed by atoms with Gasteiger partial charge in [-0.3, -0.25) is 4.90 Å². The van der Waals surface area contributed by atoms with Gasteiger partial charge in [0, 0.05) is 24.0 Å². The lowest BCUT2D eigenvalue weighted by molar-refractivity contribution is 0.240. The monoisotopic (exact) mass is 270 g/mol. The summed E-state index contributed by atoms with van der Waals surface area (Å²) in [7, 11) is 2.21. The zero-order valence-electron chi connectivity index (χ0n) is 12.8. The molecule has 0 aromatic heterocycles. The standard InChI is InChI=1S/C14H30N4O/c1-11(18(4)12-6-7-12)10-16-9-5-8-14(2,3)13(15)17-19/h11-12,16,19H,5-10H2,1-4H3,(H2,15,17). The molecule has 0 amide bonds. The lowest BCUT2D eigenvalue weighted by atomic mass is 9.86. The Morgan fingerprint density at radius 1 is 1.53 bits per heavy atom. The van der Waals surface area contributed by atoms with Crippen LogP contribution in [0.2, 0.25) is 0 Å². The molecule has 1 unspecified atom stereocenters. The van der Waals surface area contributed by atoms with Gasteiger partial charge in [-0.1, -0.05) is 19.0 Å². The molecule has 4 N–H and O–H groups in total. The molecule has 1 rings (SSSR count). The molecule has 0 radical (unpaired) electrons. The molecule has 5 heteroatoms. The summed E-state index contributed by atoms with van der Waals surface area (Å²) in [6.07, 6.45) is 4.66. The molecule has 1 saturated carbocycles. The minimum atomic E-state index is -0.229. The molecule has 0 saturated heterocycles. The van der Waals surface area contributed by atoms with Crippen molar-refractivity contribution in [2.45, 2.75) is 58.5 Å². The van der Waals surface area contributed by atoms with Crippen LogP contribution in [0.3, 0.4) is 0 Å². The second-order valence-corrected chi connectivity index (χ2v) is 6.42. The number of hydrogen-bond donors (Lipinski definition) is 3. The van der Waals surface area contributed by atoms with E-state index in [-0.39, 0.29) is 5.41 Å². The number of oxime groups is 1. The van der Waals surface area contributed by atoms with Crippen molar-refractivity contribution >= 4 is 5.84 Å². The molecule has 0 bridgehead atoms. The van der Waals surface area contributed by atoms with Gasteiger partial charge in [0.2, 0.25) is 0 Å². The summed E-state index contributed by atoms with van der Waals surface area (Å²) in [4.78, 5) is 2.47. The van der Waals surface area contributed by atoms with E-state index in [4.69, 9.17) is 10.9 Å². The molecule has 1 fully saturated rings. The quantitative estimate of drug-likeness (QED) is 0.196. The molecule has 112 valence electrons. The molecular weight excluding hydrogens is 240 g/mol. The molecule has 0 aromatic carbocycles. The van der Waals surface area contributed by atoms with Crippen LogP contribution in [0.25, 0.3) is 0 Å². The van der Waals surface area contributed by atoms with Crippen LogP contribution in [0.4, 0.5) is 0 Å². The highest BCUT2D eigenvalue weighted by molar-refractivity contribution is 5.85. The molecule has 0 spiro atoms. The van der Waals surface area contributed by atoms with E-state index >= 15 is 0 Å². The average Bonchev–Trinajstić information content (AvgIpc) is 3.20. The number of amidine groups is 1. The van der Waals surface area contributed by atoms with Crippen LogP contribution in [0, 0.1) is 5.41 Å². The zero-order valence-corrected chi connectivity index (χ0v) is 12.8.